The van der Waals surface area contributed by atoms with E-state index in [9.17, 15) is 0 Å². The second-order valence-electron chi connectivity index (χ2n) is 6.24. The summed E-state index contributed by atoms with van der Waals surface area (Å²) < 4.78 is 0. The molecule has 2 heteroatoms. The van der Waals surface area contributed by atoms with Gasteiger partial charge in [0.05, 0.1) is 0 Å². The van der Waals surface area contributed by atoms with Gasteiger partial charge in [-0.1, -0.05) is 39.0 Å². The second kappa shape index (κ2) is 6.42. The molecule has 0 bridgehead atoms. The molecule has 106 valence electrons. The monoisotopic (exact) mass is 260 g/mol. The molecule has 1 N–H and O–H groups in total. The summed E-state index contributed by atoms with van der Waals surface area (Å²) in [6.07, 6.45) is 2.47. The van der Waals surface area contributed by atoms with Gasteiger partial charge in [-0.3, -0.25) is 0 Å². The van der Waals surface area contributed by atoms with Crippen molar-refractivity contribution in [3.05, 3.63) is 29.8 Å². The van der Waals surface area contributed by atoms with E-state index >= 15 is 0 Å². The Balaban J connectivity index is 2.16. The van der Waals surface area contributed by atoms with E-state index in [4.69, 9.17) is 0 Å². The van der Waals surface area contributed by atoms with Crippen molar-refractivity contribution in [3.8, 4) is 0 Å². The summed E-state index contributed by atoms with van der Waals surface area (Å²) in [6.45, 7) is 11.4. The average Bonchev–Trinajstić information content (AvgIpc) is 2.38. The third kappa shape index (κ3) is 3.50. The molecule has 0 spiro atoms. The molecule has 19 heavy (non-hydrogen) atoms. The molecule has 2 nitrogen and oxygen atoms in total. The third-order valence-electron chi connectivity index (χ3n) is 4.15. The molecular weight excluding hydrogens is 232 g/mol. The van der Waals surface area contributed by atoms with E-state index in [1.54, 1.807) is 0 Å². The number of nitrogens with zero attached hydrogens (tertiary/aromatic N) is 1. The van der Waals surface area contributed by atoms with Gasteiger partial charge in [0.1, 0.15) is 0 Å². The molecule has 1 aromatic rings. The molecule has 1 aliphatic rings. The Labute approximate surface area is 118 Å². The highest BCUT2D eigenvalue weighted by Gasteiger charge is 2.27. The summed E-state index contributed by atoms with van der Waals surface area (Å²) in [4.78, 5) is 2.62. The number of para-hydroxylation sites is 1. The topological polar surface area (TPSA) is 15.3 Å². The average molecular weight is 260 g/mol. The number of anilines is 1. The quantitative estimate of drug-likeness (QED) is 0.890. The predicted molar refractivity (Wildman–Crippen MR) is 83.8 cm³/mol. The molecule has 1 saturated heterocycles. The molecule has 0 radical (unpaired) electrons. The van der Waals surface area contributed by atoms with Gasteiger partial charge < -0.3 is 10.2 Å². The van der Waals surface area contributed by atoms with Crippen LogP contribution in [-0.4, -0.2) is 25.2 Å². The molecule has 0 saturated carbocycles. The first-order chi connectivity index (χ1) is 9.11. The zero-order valence-electron chi connectivity index (χ0n) is 12.8. The maximum absolute atomic E-state index is 3.73. The summed E-state index contributed by atoms with van der Waals surface area (Å²) in [5, 5.41) is 3.73. The lowest BCUT2D eigenvalue weighted by atomic mass is 9.97. The number of benzene rings is 1. The number of piperazine rings is 1. The molecule has 0 amide bonds. The van der Waals surface area contributed by atoms with Crippen molar-refractivity contribution in [1.29, 1.82) is 0 Å². The Bertz CT molecular complexity index is 400. The predicted octanol–water partition coefficient (Wildman–Crippen LogP) is 3.60. The second-order valence-corrected chi connectivity index (χ2v) is 6.24. The van der Waals surface area contributed by atoms with Gasteiger partial charge in [-0.25, -0.2) is 0 Å². The number of aryl methyl sites for hydroxylation is 1. The Hall–Kier alpha value is -1.02. The van der Waals surface area contributed by atoms with Crippen LogP contribution in [0.15, 0.2) is 24.3 Å². The third-order valence-corrected chi connectivity index (χ3v) is 4.15. The molecule has 2 rings (SSSR count). The fourth-order valence-electron chi connectivity index (χ4n) is 3.14. The van der Waals surface area contributed by atoms with Gasteiger partial charge in [-0.15, -0.1) is 0 Å². The molecular formula is C17H28N2. The van der Waals surface area contributed by atoms with Crippen LogP contribution in [0.25, 0.3) is 0 Å². The summed E-state index contributed by atoms with van der Waals surface area (Å²) in [5.74, 6) is 0.759. The number of nitrogens with one attached hydrogen (secondary N) is 1. The lowest BCUT2D eigenvalue weighted by molar-refractivity contribution is 0.343. The van der Waals surface area contributed by atoms with Crippen LogP contribution in [0.3, 0.4) is 0 Å². The fourth-order valence-corrected chi connectivity index (χ4v) is 3.14. The van der Waals surface area contributed by atoms with Gasteiger partial charge in [0.15, 0.2) is 0 Å². The van der Waals surface area contributed by atoms with E-state index < -0.39 is 0 Å². The summed E-state index contributed by atoms with van der Waals surface area (Å²) in [5.41, 5.74) is 2.82. The van der Waals surface area contributed by atoms with Crippen LogP contribution >= 0.6 is 0 Å². The number of hydrogen-bond acceptors (Lipinski definition) is 2. The smallest absolute Gasteiger partial charge is 0.0412 e. The number of hydrogen-bond donors (Lipinski definition) is 1. The van der Waals surface area contributed by atoms with E-state index in [0.29, 0.717) is 12.1 Å². The van der Waals surface area contributed by atoms with Gasteiger partial charge in [0.2, 0.25) is 0 Å². The van der Waals surface area contributed by atoms with E-state index in [1.165, 1.54) is 24.1 Å². The fraction of sp³-hybridized carbons (Fsp3) is 0.647. The van der Waals surface area contributed by atoms with Crippen LogP contribution in [0.4, 0.5) is 5.69 Å². The molecule has 0 aliphatic carbocycles. The minimum Gasteiger partial charge on any atom is -0.366 e. The van der Waals surface area contributed by atoms with Crippen LogP contribution in [-0.2, 0) is 0 Å². The summed E-state index contributed by atoms with van der Waals surface area (Å²) in [6, 6.07) is 10.0. The maximum atomic E-state index is 3.73. The first-order valence-electron chi connectivity index (χ1n) is 7.67. The largest absolute Gasteiger partial charge is 0.366 e. The van der Waals surface area contributed by atoms with Gasteiger partial charge in [-0.05, 0) is 37.3 Å². The van der Waals surface area contributed by atoms with Crippen molar-refractivity contribution in [3.63, 3.8) is 0 Å². The molecule has 2 atom stereocenters. The van der Waals surface area contributed by atoms with Crippen molar-refractivity contribution >= 4 is 5.69 Å². The Morgan fingerprint density at radius 3 is 2.68 bits per heavy atom. The molecule has 1 fully saturated rings. The van der Waals surface area contributed by atoms with E-state index in [2.05, 4.69) is 62.2 Å². The van der Waals surface area contributed by atoms with Crippen LogP contribution < -0.4 is 10.2 Å². The molecule has 1 aliphatic heterocycles. The Kier molecular flexibility index (Phi) is 4.87. The Morgan fingerprint density at radius 2 is 2.05 bits per heavy atom. The normalized spacial score (nSPS) is 23.9. The summed E-state index contributed by atoms with van der Waals surface area (Å²) >= 11 is 0. The van der Waals surface area contributed by atoms with Crippen molar-refractivity contribution in [1.82, 2.24) is 5.32 Å². The summed E-state index contributed by atoms with van der Waals surface area (Å²) in [7, 11) is 0. The minimum atomic E-state index is 0.627. The standard InChI is InChI=1S/C17H28N2/c1-5-16-11-18-15(10-13(2)3)12-19(16)17-9-7-6-8-14(17)4/h6-9,13,15-16,18H,5,10-12H2,1-4H3. The van der Waals surface area contributed by atoms with Crippen molar-refractivity contribution in [2.75, 3.05) is 18.0 Å². The highest BCUT2D eigenvalue weighted by molar-refractivity contribution is 5.54. The van der Waals surface area contributed by atoms with Crippen LogP contribution in [0.1, 0.15) is 39.2 Å². The zero-order valence-corrected chi connectivity index (χ0v) is 12.8. The van der Waals surface area contributed by atoms with Crippen molar-refractivity contribution in [2.45, 2.75) is 52.6 Å². The first kappa shape index (κ1) is 14.4. The minimum absolute atomic E-state index is 0.627. The van der Waals surface area contributed by atoms with Crippen molar-refractivity contribution in [2.24, 2.45) is 5.92 Å². The van der Waals surface area contributed by atoms with Crippen LogP contribution in [0.5, 0.6) is 0 Å². The van der Waals surface area contributed by atoms with Gasteiger partial charge in [0.25, 0.3) is 0 Å². The number of rotatable bonds is 4. The molecule has 0 aromatic heterocycles. The molecule has 1 heterocycles. The van der Waals surface area contributed by atoms with Gasteiger partial charge >= 0.3 is 0 Å². The SMILES string of the molecule is CCC1CNC(CC(C)C)CN1c1ccccc1C. The van der Waals surface area contributed by atoms with Crippen molar-refractivity contribution < 1.29 is 0 Å². The van der Waals surface area contributed by atoms with E-state index in [0.717, 1.165) is 19.0 Å². The molecule has 1 aromatic carbocycles. The first-order valence-corrected chi connectivity index (χ1v) is 7.67. The highest BCUT2D eigenvalue weighted by atomic mass is 15.2. The van der Waals surface area contributed by atoms with Crippen LogP contribution in [0, 0.1) is 12.8 Å². The van der Waals surface area contributed by atoms with E-state index in [1.807, 2.05) is 0 Å². The van der Waals surface area contributed by atoms with Crippen LogP contribution in [0.2, 0.25) is 0 Å². The van der Waals surface area contributed by atoms with Gasteiger partial charge in [-0.2, -0.15) is 0 Å². The molecule has 2 unspecified atom stereocenters. The lowest BCUT2D eigenvalue weighted by Gasteiger charge is -2.43. The zero-order chi connectivity index (χ0) is 13.8. The lowest BCUT2D eigenvalue weighted by Crippen LogP contribution is -2.57. The highest BCUT2D eigenvalue weighted by Crippen LogP contribution is 2.26. The van der Waals surface area contributed by atoms with Gasteiger partial charge in [0, 0.05) is 30.9 Å². The Morgan fingerprint density at radius 1 is 1.32 bits per heavy atom. The maximum Gasteiger partial charge on any atom is 0.0412 e. The van der Waals surface area contributed by atoms with E-state index in [-0.39, 0.29) is 0 Å².